The van der Waals surface area contributed by atoms with Crippen LogP contribution in [0.5, 0.6) is 0 Å². The highest BCUT2D eigenvalue weighted by molar-refractivity contribution is 7.09. The van der Waals surface area contributed by atoms with Gasteiger partial charge >= 0.3 is 5.69 Å². The summed E-state index contributed by atoms with van der Waals surface area (Å²) in [5, 5.41) is 17.2. The summed E-state index contributed by atoms with van der Waals surface area (Å²) in [5.41, 5.74) is 6.22. The zero-order valence-corrected chi connectivity index (χ0v) is 9.27. The van der Waals surface area contributed by atoms with Crippen molar-refractivity contribution in [2.45, 2.75) is 13.5 Å². The Kier molecular flexibility index (Phi) is 2.57. The minimum Gasteiger partial charge on any atom is -0.378 e. The number of aromatic nitrogens is 3. The van der Waals surface area contributed by atoms with Crippen molar-refractivity contribution in [2.24, 2.45) is 0 Å². The van der Waals surface area contributed by atoms with Crippen LogP contribution in [0.4, 0.5) is 11.5 Å². The monoisotopic (exact) mass is 239 g/mol. The zero-order valence-electron chi connectivity index (χ0n) is 8.45. The fraction of sp³-hybridized carbons (Fsp3) is 0.250. The summed E-state index contributed by atoms with van der Waals surface area (Å²) in [6, 6.07) is 0. The van der Waals surface area contributed by atoms with Crippen molar-refractivity contribution >= 4 is 22.8 Å². The van der Waals surface area contributed by atoms with Crippen LogP contribution in [-0.2, 0) is 6.54 Å². The summed E-state index contributed by atoms with van der Waals surface area (Å²) in [6.45, 7) is 2.24. The van der Waals surface area contributed by atoms with Crippen LogP contribution in [0.3, 0.4) is 0 Å². The Labute approximate surface area is 94.7 Å². The summed E-state index contributed by atoms with van der Waals surface area (Å²) in [4.78, 5) is 14.2. The minimum atomic E-state index is -0.550. The second kappa shape index (κ2) is 3.89. The van der Waals surface area contributed by atoms with Crippen LogP contribution in [0, 0.1) is 17.0 Å². The molecule has 0 aliphatic carbocycles. The van der Waals surface area contributed by atoms with Crippen molar-refractivity contribution in [3.63, 3.8) is 0 Å². The third-order valence-corrected chi connectivity index (χ3v) is 2.86. The first-order valence-corrected chi connectivity index (χ1v) is 5.32. The fourth-order valence-electron chi connectivity index (χ4n) is 1.29. The molecule has 0 saturated carbocycles. The summed E-state index contributed by atoms with van der Waals surface area (Å²) >= 11 is 1.52. The number of nitrogen functional groups attached to an aromatic ring is 1. The first-order valence-electron chi connectivity index (χ1n) is 4.44. The highest BCUT2D eigenvalue weighted by Gasteiger charge is 2.17. The molecule has 0 unspecified atom stereocenters. The van der Waals surface area contributed by atoms with E-state index in [1.54, 1.807) is 0 Å². The Balaban J connectivity index is 2.25. The molecule has 0 aliphatic heterocycles. The number of nitro groups is 1. The number of anilines is 1. The van der Waals surface area contributed by atoms with E-state index in [0.717, 1.165) is 16.9 Å². The van der Waals surface area contributed by atoms with Crippen molar-refractivity contribution in [2.75, 3.05) is 5.73 Å². The Morgan fingerprint density at radius 1 is 1.69 bits per heavy atom. The molecule has 0 bridgehead atoms. The predicted molar refractivity (Wildman–Crippen MR) is 59.2 cm³/mol. The van der Waals surface area contributed by atoms with Crippen molar-refractivity contribution in [3.8, 4) is 0 Å². The Hall–Kier alpha value is -1.96. The van der Waals surface area contributed by atoms with Gasteiger partial charge in [0.1, 0.15) is 6.20 Å². The molecule has 84 valence electrons. The number of thiazole rings is 1. The summed E-state index contributed by atoms with van der Waals surface area (Å²) < 4.78 is 1.37. The summed E-state index contributed by atoms with van der Waals surface area (Å²) in [7, 11) is 0. The molecule has 2 heterocycles. The molecule has 0 saturated heterocycles. The zero-order chi connectivity index (χ0) is 11.7. The van der Waals surface area contributed by atoms with E-state index in [1.165, 1.54) is 16.0 Å². The molecule has 0 spiro atoms. The van der Waals surface area contributed by atoms with E-state index in [2.05, 4.69) is 10.1 Å². The van der Waals surface area contributed by atoms with Crippen molar-refractivity contribution in [1.82, 2.24) is 14.8 Å². The van der Waals surface area contributed by atoms with E-state index in [4.69, 9.17) is 5.73 Å². The SMILES string of the molecule is Cc1nc(Cn2ncc([N+](=O)[O-])c2N)cs1. The fourth-order valence-corrected chi connectivity index (χ4v) is 1.89. The number of rotatable bonds is 3. The molecule has 0 atom stereocenters. The van der Waals surface area contributed by atoms with Gasteiger partial charge in [-0.3, -0.25) is 10.1 Å². The van der Waals surface area contributed by atoms with Crippen LogP contribution in [-0.4, -0.2) is 19.7 Å². The lowest BCUT2D eigenvalue weighted by Gasteiger charge is -1.99. The quantitative estimate of drug-likeness (QED) is 0.640. The molecule has 16 heavy (non-hydrogen) atoms. The summed E-state index contributed by atoms with van der Waals surface area (Å²) in [6.07, 6.45) is 1.15. The Morgan fingerprint density at radius 3 is 2.94 bits per heavy atom. The Bertz CT molecular complexity index is 532. The van der Waals surface area contributed by atoms with E-state index in [-0.39, 0.29) is 11.5 Å². The first-order chi connectivity index (χ1) is 7.58. The molecule has 2 N–H and O–H groups in total. The second-order valence-corrected chi connectivity index (χ2v) is 4.25. The van der Waals surface area contributed by atoms with Gasteiger partial charge in [0, 0.05) is 5.38 Å². The van der Waals surface area contributed by atoms with Gasteiger partial charge in [-0.2, -0.15) is 5.10 Å². The average molecular weight is 239 g/mol. The van der Waals surface area contributed by atoms with Gasteiger partial charge in [-0.1, -0.05) is 0 Å². The minimum absolute atomic E-state index is 0.0515. The van der Waals surface area contributed by atoms with Crippen LogP contribution in [0.15, 0.2) is 11.6 Å². The normalized spacial score (nSPS) is 10.6. The molecule has 0 fully saturated rings. The Morgan fingerprint density at radius 2 is 2.44 bits per heavy atom. The van der Waals surface area contributed by atoms with E-state index < -0.39 is 4.92 Å². The van der Waals surface area contributed by atoms with Gasteiger partial charge in [-0.15, -0.1) is 11.3 Å². The van der Waals surface area contributed by atoms with Crippen molar-refractivity contribution in [1.29, 1.82) is 0 Å². The molecule has 0 amide bonds. The van der Waals surface area contributed by atoms with Gasteiger partial charge < -0.3 is 5.73 Å². The lowest BCUT2D eigenvalue weighted by atomic mass is 10.4. The maximum absolute atomic E-state index is 10.6. The standard InChI is InChI=1S/C8H9N5O2S/c1-5-11-6(4-16-5)3-12-8(9)7(2-10-12)13(14)15/h2,4H,3,9H2,1H3. The van der Waals surface area contributed by atoms with E-state index in [9.17, 15) is 10.1 Å². The molecule has 0 aromatic carbocycles. The molecule has 0 aliphatic rings. The highest BCUT2D eigenvalue weighted by atomic mass is 32.1. The third kappa shape index (κ3) is 1.87. The molecule has 2 rings (SSSR count). The van der Waals surface area contributed by atoms with Gasteiger partial charge in [-0.05, 0) is 6.92 Å². The van der Waals surface area contributed by atoms with Gasteiger partial charge in [0.25, 0.3) is 0 Å². The number of hydrogen-bond donors (Lipinski definition) is 1. The number of hydrogen-bond acceptors (Lipinski definition) is 6. The number of nitrogens with two attached hydrogens (primary N) is 1. The number of aryl methyl sites for hydroxylation is 1. The molecule has 2 aromatic heterocycles. The molecular weight excluding hydrogens is 230 g/mol. The lowest BCUT2D eigenvalue weighted by Crippen LogP contribution is -2.06. The maximum atomic E-state index is 10.6. The first kappa shape index (κ1) is 10.6. The van der Waals surface area contributed by atoms with Crippen LogP contribution >= 0.6 is 11.3 Å². The van der Waals surface area contributed by atoms with Gasteiger partial charge in [-0.25, -0.2) is 9.67 Å². The summed E-state index contributed by atoms with van der Waals surface area (Å²) in [5.74, 6) is 0.0515. The van der Waals surface area contributed by atoms with E-state index >= 15 is 0 Å². The predicted octanol–water partition coefficient (Wildman–Crippen LogP) is 1.19. The van der Waals surface area contributed by atoms with E-state index in [0.29, 0.717) is 6.54 Å². The second-order valence-electron chi connectivity index (χ2n) is 3.19. The van der Waals surface area contributed by atoms with Crippen LogP contribution in [0.2, 0.25) is 0 Å². The van der Waals surface area contributed by atoms with Gasteiger partial charge in [0.15, 0.2) is 0 Å². The topological polar surface area (TPSA) is 99.9 Å². The highest BCUT2D eigenvalue weighted by Crippen LogP contribution is 2.21. The van der Waals surface area contributed by atoms with Crippen LogP contribution in [0.1, 0.15) is 10.7 Å². The third-order valence-electron chi connectivity index (χ3n) is 2.03. The molecule has 0 radical (unpaired) electrons. The molecular formula is C8H9N5O2S. The van der Waals surface area contributed by atoms with Gasteiger partial charge in [0.05, 0.1) is 22.2 Å². The van der Waals surface area contributed by atoms with Gasteiger partial charge in [0.2, 0.25) is 5.82 Å². The average Bonchev–Trinajstić information content (AvgIpc) is 2.76. The van der Waals surface area contributed by atoms with Crippen molar-refractivity contribution < 1.29 is 4.92 Å². The lowest BCUT2D eigenvalue weighted by molar-refractivity contribution is -0.384. The maximum Gasteiger partial charge on any atom is 0.330 e. The molecule has 8 heteroatoms. The number of nitrogens with zero attached hydrogens (tertiary/aromatic N) is 4. The van der Waals surface area contributed by atoms with Crippen LogP contribution in [0.25, 0.3) is 0 Å². The smallest absolute Gasteiger partial charge is 0.330 e. The van der Waals surface area contributed by atoms with Crippen LogP contribution < -0.4 is 5.73 Å². The molecule has 2 aromatic rings. The molecule has 7 nitrogen and oxygen atoms in total. The largest absolute Gasteiger partial charge is 0.378 e. The van der Waals surface area contributed by atoms with E-state index in [1.807, 2.05) is 12.3 Å². The van der Waals surface area contributed by atoms with Crippen molar-refractivity contribution in [3.05, 3.63) is 32.4 Å².